The molecule has 0 spiro atoms. The van der Waals surface area contributed by atoms with E-state index in [1.165, 1.54) is 41.5 Å². The van der Waals surface area contributed by atoms with Gasteiger partial charge >= 0.3 is 0 Å². The summed E-state index contributed by atoms with van der Waals surface area (Å²) in [5.41, 5.74) is 8.41. The standard InChI is InChI=1S/C24H25N/c1-24(2,3)18-12-10-15(11-13-18)23-22-17-9-8-16(14-17)21(22)19-6-4-5-7-20(19)25-23/h4-7,10-13,16-17H,8-9,14H2,1-3H3. The highest BCUT2D eigenvalue weighted by Crippen LogP contribution is 2.57. The highest BCUT2D eigenvalue weighted by atomic mass is 14.7. The molecule has 2 unspecified atom stereocenters. The molecule has 2 aromatic carbocycles. The predicted molar refractivity (Wildman–Crippen MR) is 105 cm³/mol. The second-order valence-corrected chi connectivity index (χ2v) is 8.84. The third kappa shape index (κ3) is 2.25. The summed E-state index contributed by atoms with van der Waals surface area (Å²) < 4.78 is 0. The smallest absolute Gasteiger partial charge is 0.0747 e. The van der Waals surface area contributed by atoms with Gasteiger partial charge < -0.3 is 0 Å². The van der Waals surface area contributed by atoms with Crippen molar-refractivity contribution in [3.8, 4) is 11.3 Å². The summed E-state index contributed by atoms with van der Waals surface area (Å²) in [7, 11) is 0. The average Bonchev–Trinajstić information content (AvgIpc) is 3.23. The van der Waals surface area contributed by atoms with Crippen LogP contribution in [0.2, 0.25) is 0 Å². The molecule has 0 radical (unpaired) electrons. The van der Waals surface area contributed by atoms with Crippen molar-refractivity contribution in [3.63, 3.8) is 0 Å². The van der Waals surface area contributed by atoms with Gasteiger partial charge in [-0.15, -0.1) is 0 Å². The summed E-state index contributed by atoms with van der Waals surface area (Å²) in [5.74, 6) is 1.47. The number of para-hydroxylation sites is 1. The van der Waals surface area contributed by atoms with Crippen LogP contribution in [0.3, 0.4) is 0 Å². The molecule has 0 aliphatic heterocycles. The highest BCUT2D eigenvalue weighted by Gasteiger charge is 2.40. The number of rotatable bonds is 1. The van der Waals surface area contributed by atoms with Crippen LogP contribution in [-0.4, -0.2) is 4.98 Å². The summed E-state index contributed by atoms with van der Waals surface area (Å²) in [4.78, 5) is 5.13. The monoisotopic (exact) mass is 327 g/mol. The van der Waals surface area contributed by atoms with Gasteiger partial charge in [0.05, 0.1) is 11.2 Å². The first-order valence-corrected chi connectivity index (χ1v) is 9.56. The first kappa shape index (κ1) is 15.1. The van der Waals surface area contributed by atoms with Gasteiger partial charge in [-0.05, 0) is 59.3 Å². The van der Waals surface area contributed by atoms with Gasteiger partial charge in [0.25, 0.3) is 0 Å². The molecule has 1 heterocycles. The summed E-state index contributed by atoms with van der Waals surface area (Å²) in [6, 6.07) is 17.9. The van der Waals surface area contributed by atoms with Crippen LogP contribution in [0.25, 0.3) is 22.2 Å². The van der Waals surface area contributed by atoms with Gasteiger partial charge in [0.2, 0.25) is 0 Å². The minimum Gasteiger partial charge on any atom is -0.247 e. The van der Waals surface area contributed by atoms with Gasteiger partial charge in [-0.3, -0.25) is 0 Å². The Balaban J connectivity index is 1.74. The van der Waals surface area contributed by atoms with E-state index in [9.17, 15) is 0 Å². The molecular formula is C24H25N. The number of hydrogen-bond acceptors (Lipinski definition) is 1. The lowest BCUT2D eigenvalue weighted by Crippen LogP contribution is -2.10. The van der Waals surface area contributed by atoms with E-state index < -0.39 is 0 Å². The van der Waals surface area contributed by atoms with Crippen LogP contribution in [0.15, 0.2) is 48.5 Å². The van der Waals surface area contributed by atoms with Crippen LogP contribution < -0.4 is 0 Å². The van der Waals surface area contributed by atoms with Crippen LogP contribution >= 0.6 is 0 Å². The fourth-order valence-electron chi connectivity index (χ4n) is 4.96. The van der Waals surface area contributed by atoms with Crippen molar-refractivity contribution in [1.29, 1.82) is 0 Å². The molecule has 1 aromatic heterocycles. The van der Waals surface area contributed by atoms with Gasteiger partial charge in [-0.2, -0.15) is 0 Å². The van der Waals surface area contributed by atoms with E-state index in [-0.39, 0.29) is 5.41 Å². The predicted octanol–water partition coefficient (Wildman–Crippen LogP) is 6.56. The Morgan fingerprint density at radius 3 is 2.24 bits per heavy atom. The second-order valence-electron chi connectivity index (χ2n) is 8.84. The second kappa shape index (κ2) is 5.17. The van der Waals surface area contributed by atoms with Gasteiger partial charge in [0.15, 0.2) is 0 Å². The molecule has 2 aliphatic carbocycles. The van der Waals surface area contributed by atoms with E-state index in [4.69, 9.17) is 4.98 Å². The number of fused-ring (bicyclic) bond motifs is 7. The fourth-order valence-corrected chi connectivity index (χ4v) is 4.96. The SMILES string of the molecule is CC(C)(C)c1ccc(-c2nc3ccccc3c3c2C2CCC3C2)cc1. The maximum absolute atomic E-state index is 5.13. The number of pyridine rings is 1. The van der Waals surface area contributed by atoms with Crippen LogP contribution in [0, 0.1) is 0 Å². The lowest BCUT2D eigenvalue weighted by molar-refractivity contribution is 0.590. The zero-order valence-electron chi connectivity index (χ0n) is 15.3. The van der Waals surface area contributed by atoms with E-state index in [0.717, 1.165) is 17.4 Å². The molecule has 5 rings (SSSR count). The molecule has 1 nitrogen and oxygen atoms in total. The maximum Gasteiger partial charge on any atom is 0.0747 e. The number of aromatic nitrogens is 1. The largest absolute Gasteiger partial charge is 0.247 e. The van der Waals surface area contributed by atoms with Gasteiger partial charge in [0, 0.05) is 10.9 Å². The van der Waals surface area contributed by atoms with Gasteiger partial charge in [0.1, 0.15) is 0 Å². The topological polar surface area (TPSA) is 12.9 Å². The van der Waals surface area contributed by atoms with Crippen molar-refractivity contribution in [1.82, 2.24) is 4.98 Å². The first-order valence-electron chi connectivity index (χ1n) is 9.56. The Morgan fingerprint density at radius 2 is 1.52 bits per heavy atom. The Labute approximate surface area is 150 Å². The van der Waals surface area contributed by atoms with Crippen molar-refractivity contribution >= 4 is 10.9 Å². The van der Waals surface area contributed by atoms with E-state index in [1.807, 2.05) is 0 Å². The van der Waals surface area contributed by atoms with Crippen LogP contribution in [0.4, 0.5) is 0 Å². The molecule has 1 fully saturated rings. The molecule has 2 atom stereocenters. The fraction of sp³-hybridized carbons (Fsp3) is 0.375. The normalized spacial score (nSPS) is 21.7. The van der Waals surface area contributed by atoms with Crippen molar-refractivity contribution in [2.75, 3.05) is 0 Å². The van der Waals surface area contributed by atoms with Crippen molar-refractivity contribution in [2.45, 2.75) is 57.3 Å². The van der Waals surface area contributed by atoms with E-state index in [0.29, 0.717) is 0 Å². The van der Waals surface area contributed by atoms with E-state index in [2.05, 4.69) is 69.3 Å². The Morgan fingerprint density at radius 1 is 0.840 bits per heavy atom. The van der Waals surface area contributed by atoms with Gasteiger partial charge in [-0.1, -0.05) is 63.2 Å². The molecule has 126 valence electrons. The third-order valence-corrected chi connectivity index (χ3v) is 6.25. The quantitative estimate of drug-likeness (QED) is 0.493. The molecule has 0 N–H and O–H groups in total. The maximum atomic E-state index is 5.13. The Bertz CT molecular complexity index is 960. The molecule has 2 aliphatic rings. The Hall–Kier alpha value is -2.15. The highest BCUT2D eigenvalue weighted by molar-refractivity contribution is 5.89. The molecule has 0 saturated heterocycles. The zero-order chi connectivity index (χ0) is 17.2. The molecule has 25 heavy (non-hydrogen) atoms. The first-order chi connectivity index (χ1) is 12.0. The number of hydrogen-bond donors (Lipinski definition) is 0. The van der Waals surface area contributed by atoms with Crippen LogP contribution in [-0.2, 0) is 5.41 Å². The third-order valence-electron chi connectivity index (χ3n) is 6.25. The summed E-state index contributed by atoms with van der Waals surface area (Å²) in [6.45, 7) is 6.81. The molecule has 3 aromatic rings. The average molecular weight is 327 g/mol. The number of nitrogens with zero attached hydrogens (tertiary/aromatic N) is 1. The minimum atomic E-state index is 0.191. The molecule has 2 bridgehead atoms. The lowest BCUT2D eigenvalue weighted by Gasteiger charge is -2.22. The summed E-state index contributed by atoms with van der Waals surface area (Å²) in [5, 5.41) is 1.39. The molecular weight excluding hydrogens is 302 g/mol. The molecule has 0 amide bonds. The summed E-state index contributed by atoms with van der Waals surface area (Å²) >= 11 is 0. The van der Waals surface area contributed by atoms with Crippen molar-refractivity contribution < 1.29 is 0 Å². The van der Waals surface area contributed by atoms with Crippen LogP contribution in [0.1, 0.15) is 68.6 Å². The summed E-state index contributed by atoms with van der Waals surface area (Å²) in [6.07, 6.45) is 4.02. The Kier molecular flexibility index (Phi) is 3.13. The van der Waals surface area contributed by atoms with Crippen LogP contribution in [0.5, 0.6) is 0 Å². The van der Waals surface area contributed by atoms with E-state index in [1.54, 1.807) is 11.1 Å². The number of benzene rings is 2. The zero-order valence-corrected chi connectivity index (χ0v) is 15.3. The molecule has 1 heteroatoms. The van der Waals surface area contributed by atoms with Gasteiger partial charge in [-0.25, -0.2) is 4.98 Å². The van der Waals surface area contributed by atoms with E-state index >= 15 is 0 Å². The lowest BCUT2D eigenvalue weighted by atomic mass is 9.84. The molecule has 1 saturated carbocycles. The van der Waals surface area contributed by atoms with Crippen molar-refractivity contribution in [2.24, 2.45) is 0 Å². The van der Waals surface area contributed by atoms with Crippen molar-refractivity contribution in [3.05, 3.63) is 65.2 Å². The minimum absolute atomic E-state index is 0.191.